The lowest BCUT2D eigenvalue weighted by molar-refractivity contribution is -0.119. The van der Waals surface area contributed by atoms with Crippen LogP contribution in [0.1, 0.15) is 91.7 Å². The molecule has 0 aliphatic heterocycles. The average molecular weight is 483 g/mol. The number of carbonyl (C=O) groups is 1. The Morgan fingerprint density at radius 2 is 1.94 bits per heavy atom. The van der Waals surface area contributed by atoms with Gasteiger partial charge in [-0.2, -0.15) is 5.10 Å². The molecule has 4 heteroatoms. The summed E-state index contributed by atoms with van der Waals surface area (Å²) in [5.74, 6) is 3.04. The van der Waals surface area contributed by atoms with Crippen LogP contribution < -0.4 is 0 Å². The number of ketones is 1. The van der Waals surface area contributed by atoms with E-state index in [2.05, 4.69) is 38.4 Å². The summed E-state index contributed by atoms with van der Waals surface area (Å²) in [6.07, 6.45) is 11.0. The summed E-state index contributed by atoms with van der Waals surface area (Å²) < 4.78 is 2.01. The molecule has 2 aromatic carbocycles. The summed E-state index contributed by atoms with van der Waals surface area (Å²) >= 11 is 0. The molecular weight excluding hydrogens is 444 g/mol. The number of fused-ring (bicyclic) bond motifs is 7. The maximum absolute atomic E-state index is 12.7. The van der Waals surface area contributed by atoms with Gasteiger partial charge in [0.1, 0.15) is 11.5 Å². The van der Waals surface area contributed by atoms with Gasteiger partial charge in [-0.25, -0.2) is 0 Å². The number of rotatable bonds is 7. The Bertz CT molecular complexity index is 1260. The Hall–Kier alpha value is -2.88. The summed E-state index contributed by atoms with van der Waals surface area (Å²) in [5, 5.41) is 15.1. The smallest absolute Gasteiger partial charge is 0.133 e. The molecule has 3 aliphatic carbocycles. The second-order valence-electron chi connectivity index (χ2n) is 11.8. The number of Topliss-reactive ketones (excluding diaryl/α,β-unsaturated/α-hetero) is 1. The Morgan fingerprint density at radius 3 is 2.78 bits per heavy atom. The summed E-state index contributed by atoms with van der Waals surface area (Å²) in [4.78, 5) is 12.7. The number of aryl methyl sites for hydroxylation is 3. The lowest BCUT2D eigenvalue weighted by Crippen LogP contribution is -2.44. The summed E-state index contributed by atoms with van der Waals surface area (Å²) in [7, 11) is 2.05. The zero-order valence-corrected chi connectivity index (χ0v) is 21.6. The minimum absolute atomic E-state index is 0.119. The van der Waals surface area contributed by atoms with Gasteiger partial charge in [0.25, 0.3) is 0 Å². The van der Waals surface area contributed by atoms with Gasteiger partial charge in [-0.1, -0.05) is 43.3 Å². The lowest BCUT2D eigenvalue weighted by atomic mass is 9.53. The van der Waals surface area contributed by atoms with Crippen LogP contribution in [-0.2, 0) is 30.1 Å². The highest BCUT2D eigenvalue weighted by molar-refractivity contribution is 5.78. The number of aromatic nitrogens is 2. The van der Waals surface area contributed by atoms with Crippen molar-refractivity contribution in [1.29, 1.82) is 0 Å². The van der Waals surface area contributed by atoms with Crippen LogP contribution in [0.5, 0.6) is 5.75 Å². The van der Waals surface area contributed by atoms with Crippen LogP contribution in [0.3, 0.4) is 0 Å². The number of hydrogen-bond acceptors (Lipinski definition) is 3. The number of nitrogens with zero attached hydrogens (tertiary/aromatic N) is 2. The fourth-order valence-electron chi connectivity index (χ4n) is 8.16. The van der Waals surface area contributed by atoms with Crippen LogP contribution >= 0.6 is 0 Å². The molecule has 5 atom stereocenters. The van der Waals surface area contributed by atoms with E-state index in [0.29, 0.717) is 48.0 Å². The van der Waals surface area contributed by atoms with Gasteiger partial charge in [0.2, 0.25) is 0 Å². The van der Waals surface area contributed by atoms with Crippen LogP contribution in [0.4, 0.5) is 0 Å². The van der Waals surface area contributed by atoms with Crippen LogP contribution in [0.25, 0.3) is 0 Å². The highest BCUT2D eigenvalue weighted by atomic mass is 16.3. The van der Waals surface area contributed by atoms with Crippen molar-refractivity contribution in [3.63, 3.8) is 0 Å². The molecule has 3 aliphatic rings. The second-order valence-corrected chi connectivity index (χ2v) is 11.8. The van der Waals surface area contributed by atoms with Gasteiger partial charge in [0.15, 0.2) is 0 Å². The third kappa shape index (κ3) is 3.99. The van der Waals surface area contributed by atoms with Gasteiger partial charge < -0.3 is 5.11 Å². The molecule has 6 rings (SSSR count). The van der Waals surface area contributed by atoms with E-state index < -0.39 is 0 Å². The lowest BCUT2D eigenvalue weighted by Gasteiger charge is -2.50. The molecule has 1 saturated carbocycles. The zero-order valence-electron chi connectivity index (χ0n) is 21.6. The molecule has 1 aromatic heterocycles. The Kier molecular flexibility index (Phi) is 6.02. The van der Waals surface area contributed by atoms with Crippen molar-refractivity contribution in [1.82, 2.24) is 9.78 Å². The minimum Gasteiger partial charge on any atom is -0.508 e. The van der Waals surface area contributed by atoms with E-state index in [1.165, 1.54) is 40.8 Å². The first-order valence-electron chi connectivity index (χ1n) is 13.9. The SMILES string of the molecule is Cn1cc2c(n1)[C@@]1(C)CC[C@@H]3c4ccc(O)cc4CC[C@H]3[C@@H]1[C@H]2CCCC(=O)CCc1ccccc1. The van der Waals surface area contributed by atoms with Crippen molar-refractivity contribution in [3.05, 3.63) is 82.7 Å². The number of phenols is 1. The number of benzene rings is 2. The van der Waals surface area contributed by atoms with E-state index in [4.69, 9.17) is 5.10 Å². The van der Waals surface area contributed by atoms with Crippen molar-refractivity contribution in [3.8, 4) is 5.75 Å². The van der Waals surface area contributed by atoms with Gasteiger partial charge >= 0.3 is 0 Å². The van der Waals surface area contributed by atoms with E-state index in [-0.39, 0.29) is 5.41 Å². The Balaban J connectivity index is 1.20. The number of phenolic OH excluding ortho intramolecular Hbond substituents is 1. The highest BCUT2D eigenvalue weighted by Crippen LogP contribution is 2.64. The first kappa shape index (κ1) is 23.5. The quantitative estimate of drug-likeness (QED) is 0.412. The summed E-state index contributed by atoms with van der Waals surface area (Å²) in [6, 6.07) is 16.4. The molecule has 0 unspecified atom stereocenters. The Labute approximate surface area is 214 Å². The van der Waals surface area contributed by atoms with Crippen molar-refractivity contribution < 1.29 is 9.90 Å². The molecule has 0 radical (unpaired) electrons. The molecule has 0 spiro atoms. The fourth-order valence-corrected chi connectivity index (χ4v) is 8.16. The van der Waals surface area contributed by atoms with E-state index in [0.717, 1.165) is 32.1 Å². The van der Waals surface area contributed by atoms with Gasteiger partial charge in [-0.15, -0.1) is 0 Å². The van der Waals surface area contributed by atoms with E-state index in [1.54, 1.807) is 0 Å². The van der Waals surface area contributed by atoms with Crippen molar-refractivity contribution in [2.24, 2.45) is 18.9 Å². The van der Waals surface area contributed by atoms with Gasteiger partial charge in [-0.3, -0.25) is 9.48 Å². The van der Waals surface area contributed by atoms with Crippen molar-refractivity contribution in [2.75, 3.05) is 0 Å². The molecule has 0 amide bonds. The fraction of sp³-hybridized carbons (Fsp3) is 0.500. The molecule has 0 bridgehead atoms. The highest BCUT2D eigenvalue weighted by Gasteiger charge is 2.58. The maximum atomic E-state index is 12.7. The molecule has 4 nitrogen and oxygen atoms in total. The normalized spacial score (nSPS) is 28.2. The summed E-state index contributed by atoms with van der Waals surface area (Å²) in [6.45, 7) is 2.47. The van der Waals surface area contributed by atoms with Gasteiger partial charge in [0.05, 0.1) is 5.69 Å². The van der Waals surface area contributed by atoms with Crippen LogP contribution in [-0.4, -0.2) is 20.7 Å². The largest absolute Gasteiger partial charge is 0.508 e. The predicted molar refractivity (Wildman–Crippen MR) is 142 cm³/mol. The standard InChI is InChI=1S/C32H38N2O2/c1-32-18-17-26-25-16-14-24(36)19-22(25)12-15-28(26)30(32)27(29-20-34(2)33-31(29)32)10-6-9-23(35)13-11-21-7-4-3-5-8-21/h3-5,7-8,14,16,19-20,26-28,30,36H,6,9-13,15,17-18H2,1-2H3/t26-,27+,28-,30+,32+/m1/s1. The number of carbonyl (C=O) groups excluding carboxylic acids is 1. The van der Waals surface area contributed by atoms with Crippen LogP contribution in [0, 0.1) is 11.8 Å². The third-order valence-corrected chi connectivity index (χ3v) is 9.70. The van der Waals surface area contributed by atoms with E-state index >= 15 is 0 Å². The zero-order chi connectivity index (χ0) is 24.9. The predicted octanol–water partition coefficient (Wildman–Crippen LogP) is 6.61. The average Bonchev–Trinajstić information content (AvgIpc) is 3.37. The number of hydrogen-bond donors (Lipinski definition) is 1. The molecule has 1 fully saturated rings. The Morgan fingerprint density at radius 1 is 1.11 bits per heavy atom. The molecule has 3 aromatic rings. The molecular formula is C32H38N2O2. The topological polar surface area (TPSA) is 55.1 Å². The van der Waals surface area contributed by atoms with Gasteiger partial charge in [0, 0.05) is 31.5 Å². The van der Waals surface area contributed by atoms with Crippen molar-refractivity contribution >= 4 is 5.78 Å². The molecule has 0 saturated heterocycles. The van der Waals surface area contributed by atoms with Crippen molar-refractivity contribution in [2.45, 2.75) is 82.0 Å². The summed E-state index contributed by atoms with van der Waals surface area (Å²) in [5.41, 5.74) is 6.94. The van der Waals surface area contributed by atoms with Crippen LogP contribution in [0.15, 0.2) is 54.7 Å². The van der Waals surface area contributed by atoms with E-state index in [9.17, 15) is 9.90 Å². The van der Waals surface area contributed by atoms with E-state index in [1.807, 2.05) is 35.0 Å². The van der Waals surface area contributed by atoms with Crippen LogP contribution in [0.2, 0.25) is 0 Å². The maximum Gasteiger partial charge on any atom is 0.133 e. The first-order valence-corrected chi connectivity index (χ1v) is 13.9. The molecule has 188 valence electrons. The third-order valence-electron chi connectivity index (χ3n) is 9.70. The first-order chi connectivity index (χ1) is 17.4. The number of aromatic hydroxyl groups is 1. The van der Waals surface area contributed by atoms with Gasteiger partial charge in [-0.05, 0) is 103 Å². The minimum atomic E-state index is 0.119. The second kappa shape index (κ2) is 9.21. The molecule has 1 N–H and O–H groups in total. The monoisotopic (exact) mass is 482 g/mol. The molecule has 36 heavy (non-hydrogen) atoms. The molecule has 1 heterocycles.